The van der Waals surface area contributed by atoms with Gasteiger partial charge in [-0.25, -0.2) is 9.78 Å². The molecule has 0 spiro atoms. The van der Waals surface area contributed by atoms with Crippen molar-refractivity contribution in [2.24, 2.45) is 5.92 Å². The lowest BCUT2D eigenvalue weighted by molar-refractivity contribution is 0.0601. The van der Waals surface area contributed by atoms with Gasteiger partial charge in [-0.15, -0.1) is 11.3 Å². The number of aromatic nitrogens is 1. The first-order valence-corrected chi connectivity index (χ1v) is 13.4. The first-order valence-electron chi connectivity index (χ1n) is 12.5. The molecule has 2 aromatic heterocycles. The van der Waals surface area contributed by atoms with E-state index in [0.717, 1.165) is 51.9 Å². The molecule has 6 nitrogen and oxygen atoms in total. The minimum absolute atomic E-state index is 0.0842. The molecule has 2 aromatic carbocycles. The standard InChI is InChI=1S/C30H30N2O4S/c1-17(2)36-20-12-10-19(11-13-20)25-16-23(21-7-5-6-8-24(21)31-25)28(33)32-29-27(30(34)35-4)22-14-9-18(3)15-26(22)37-29/h5-8,10-13,16-18H,9,14-15H2,1-4H3,(H,32,33)/t18-/m1/s1. The molecule has 2 heterocycles. The van der Waals surface area contributed by atoms with E-state index in [4.69, 9.17) is 14.5 Å². The molecule has 0 saturated carbocycles. The summed E-state index contributed by atoms with van der Waals surface area (Å²) in [5.41, 5.74) is 4.29. The normalized spacial score (nSPS) is 14.9. The number of pyridine rings is 1. The zero-order chi connectivity index (χ0) is 26.1. The zero-order valence-corrected chi connectivity index (χ0v) is 22.3. The second kappa shape index (κ2) is 10.3. The number of benzene rings is 2. The predicted molar refractivity (Wildman–Crippen MR) is 148 cm³/mol. The van der Waals surface area contributed by atoms with Crippen LogP contribution >= 0.6 is 11.3 Å². The van der Waals surface area contributed by atoms with Gasteiger partial charge < -0.3 is 14.8 Å². The number of nitrogens with one attached hydrogen (secondary N) is 1. The number of nitrogens with zero attached hydrogens (tertiary/aromatic N) is 1. The van der Waals surface area contributed by atoms with Crippen molar-refractivity contribution in [2.75, 3.05) is 12.4 Å². The highest BCUT2D eigenvalue weighted by molar-refractivity contribution is 7.17. The Kier molecular flexibility index (Phi) is 6.98. The number of rotatable bonds is 6. The Hall–Kier alpha value is -3.71. The summed E-state index contributed by atoms with van der Waals surface area (Å²) in [5, 5.41) is 4.34. The number of amides is 1. The molecule has 190 valence electrons. The number of thiophene rings is 1. The van der Waals surface area contributed by atoms with Gasteiger partial charge in [0.15, 0.2) is 0 Å². The number of fused-ring (bicyclic) bond motifs is 2. The molecule has 0 aliphatic heterocycles. The first-order chi connectivity index (χ1) is 17.8. The molecule has 1 atom stereocenters. The SMILES string of the molecule is COC(=O)c1c(NC(=O)c2cc(-c3ccc(OC(C)C)cc3)nc3ccccc23)sc2c1CC[C@@H](C)C2. The molecule has 0 radical (unpaired) electrons. The molecule has 0 fully saturated rings. The molecular formula is C30H30N2O4S. The third kappa shape index (κ3) is 5.09. The second-order valence-electron chi connectivity index (χ2n) is 9.76. The quantitative estimate of drug-likeness (QED) is 0.283. The third-order valence-corrected chi connectivity index (χ3v) is 7.78. The highest BCUT2D eigenvalue weighted by Gasteiger charge is 2.29. The Bertz CT molecular complexity index is 1470. The van der Waals surface area contributed by atoms with Crippen LogP contribution in [0.25, 0.3) is 22.2 Å². The average molecular weight is 515 g/mol. The van der Waals surface area contributed by atoms with Crippen molar-refractivity contribution in [2.45, 2.75) is 46.1 Å². The number of carbonyl (C=O) groups is 2. The van der Waals surface area contributed by atoms with Gasteiger partial charge in [0, 0.05) is 15.8 Å². The fraction of sp³-hybridized carbons (Fsp3) is 0.300. The lowest BCUT2D eigenvalue weighted by atomic mass is 9.88. The lowest BCUT2D eigenvalue weighted by Gasteiger charge is -2.18. The molecule has 1 N–H and O–H groups in total. The Morgan fingerprint density at radius 1 is 1.11 bits per heavy atom. The minimum atomic E-state index is -0.411. The highest BCUT2D eigenvalue weighted by atomic mass is 32.1. The van der Waals surface area contributed by atoms with Crippen LogP contribution in [0.2, 0.25) is 0 Å². The van der Waals surface area contributed by atoms with E-state index in [2.05, 4.69) is 12.2 Å². The van der Waals surface area contributed by atoms with E-state index in [1.54, 1.807) is 0 Å². The van der Waals surface area contributed by atoms with Gasteiger partial charge in [0.1, 0.15) is 10.8 Å². The average Bonchev–Trinajstić information content (AvgIpc) is 3.24. The van der Waals surface area contributed by atoms with E-state index < -0.39 is 5.97 Å². The molecule has 7 heteroatoms. The topological polar surface area (TPSA) is 77.5 Å². The Balaban J connectivity index is 1.54. The fourth-order valence-corrected chi connectivity index (χ4v) is 6.21. The number of hydrogen-bond acceptors (Lipinski definition) is 6. The van der Waals surface area contributed by atoms with Crippen LogP contribution in [0.4, 0.5) is 5.00 Å². The molecule has 0 unspecified atom stereocenters. The molecule has 4 aromatic rings. The second-order valence-corrected chi connectivity index (χ2v) is 10.9. The van der Waals surface area contributed by atoms with Gasteiger partial charge in [-0.3, -0.25) is 4.79 Å². The summed E-state index contributed by atoms with van der Waals surface area (Å²) >= 11 is 1.48. The van der Waals surface area contributed by atoms with E-state index in [-0.39, 0.29) is 12.0 Å². The maximum Gasteiger partial charge on any atom is 0.341 e. The third-order valence-electron chi connectivity index (χ3n) is 6.61. The van der Waals surface area contributed by atoms with Crippen LogP contribution in [0, 0.1) is 5.92 Å². The van der Waals surface area contributed by atoms with Gasteiger partial charge in [0.05, 0.1) is 35.6 Å². The van der Waals surface area contributed by atoms with Crippen LogP contribution in [0.1, 0.15) is 58.3 Å². The van der Waals surface area contributed by atoms with Crippen LogP contribution in [0.5, 0.6) is 5.75 Å². The summed E-state index contributed by atoms with van der Waals surface area (Å²) < 4.78 is 10.9. The maximum atomic E-state index is 13.7. The van der Waals surface area contributed by atoms with E-state index in [1.807, 2.05) is 68.4 Å². The van der Waals surface area contributed by atoms with E-state index in [1.165, 1.54) is 18.4 Å². The monoisotopic (exact) mass is 514 g/mol. The molecular weight excluding hydrogens is 484 g/mol. The van der Waals surface area contributed by atoms with E-state index in [9.17, 15) is 9.59 Å². The number of hydrogen-bond donors (Lipinski definition) is 1. The van der Waals surface area contributed by atoms with Gasteiger partial charge in [0.25, 0.3) is 5.91 Å². The van der Waals surface area contributed by atoms with E-state index in [0.29, 0.717) is 27.7 Å². The van der Waals surface area contributed by atoms with Crippen molar-refractivity contribution in [3.8, 4) is 17.0 Å². The Morgan fingerprint density at radius 2 is 1.86 bits per heavy atom. The summed E-state index contributed by atoms with van der Waals surface area (Å²) in [4.78, 5) is 32.4. The first kappa shape index (κ1) is 25.0. The van der Waals surface area contributed by atoms with Crippen LogP contribution in [-0.4, -0.2) is 30.1 Å². The Labute approximate surface area is 220 Å². The molecule has 0 bridgehead atoms. The molecule has 1 amide bonds. The number of methoxy groups -OCH3 is 1. The summed E-state index contributed by atoms with van der Waals surface area (Å²) in [6, 6.07) is 17.1. The lowest BCUT2D eigenvalue weighted by Crippen LogP contribution is -2.16. The van der Waals surface area contributed by atoms with Gasteiger partial charge in [0.2, 0.25) is 0 Å². The van der Waals surface area contributed by atoms with Crippen LogP contribution < -0.4 is 10.1 Å². The minimum Gasteiger partial charge on any atom is -0.491 e. The number of carbonyl (C=O) groups excluding carboxylic acids is 2. The molecule has 0 saturated heterocycles. The Morgan fingerprint density at radius 3 is 2.59 bits per heavy atom. The van der Waals surface area contributed by atoms with Gasteiger partial charge in [-0.05, 0) is 81.0 Å². The molecule has 1 aliphatic rings. The fourth-order valence-electron chi connectivity index (χ4n) is 4.81. The van der Waals surface area contributed by atoms with Crippen LogP contribution in [0.15, 0.2) is 54.6 Å². The van der Waals surface area contributed by atoms with E-state index >= 15 is 0 Å². The summed E-state index contributed by atoms with van der Waals surface area (Å²) in [6.45, 7) is 6.19. The van der Waals surface area contributed by atoms with Crippen molar-refractivity contribution in [1.82, 2.24) is 4.98 Å². The molecule has 5 rings (SSSR count). The van der Waals surface area contributed by atoms with Gasteiger partial charge in [-0.2, -0.15) is 0 Å². The van der Waals surface area contributed by atoms with Crippen molar-refractivity contribution >= 4 is 39.1 Å². The number of para-hydroxylation sites is 1. The van der Waals surface area contributed by atoms with Gasteiger partial charge >= 0.3 is 5.97 Å². The maximum absolute atomic E-state index is 13.7. The summed E-state index contributed by atoms with van der Waals surface area (Å²) in [5.74, 6) is 0.635. The van der Waals surface area contributed by atoms with Crippen LogP contribution in [-0.2, 0) is 17.6 Å². The number of esters is 1. The summed E-state index contributed by atoms with van der Waals surface area (Å²) in [7, 11) is 1.38. The number of ether oxygens (including phenoxy) is 2. The largest absolute Gasteiger partial charge is 0.491 e. The smallest absolute Gasteiger partial charge is 0.341 e. The van der Waals surface area contributed by atoms with Crippen molar-refractivity contribution in [3.05, 3.63) is 76.2 Å². The van der Waals surface area contributed by atoms with Crippen LogP contribution in [0.3, 0.4) is 0 Å². The highest BCUT2D eigenvalue weighted by Crippen LogP contribution is 2.40. The van der Waals surface area contributed by atoms with Crippen molar-refractivity contribution in [1.29, 1.82) is 0 Å². The molecule has 37 heavy (non-hydrogen) atoms. The number of anilines is 1. The predicted octanol–water partition coefficient (Wildman–Crippen LogP) is 6.91. The molecule has 1 aliphatic carbocycles. The zero-order valence-electron chi connectivity index (χ0n) is 21.5. The van der Waals surface area contributed by atoms with Crippen molar-refractivity contribution < 1.29 is 19.1 Å². The summed E-state index contributed by atoms with van der Waals surface area (Å²) in [6.07, 6.45) is 2.81. The van der Waals surface area contributed by atoms with Crippen molar-refractivity contribution in [3.63, 3.8) is 0 Å². The van der Waals surface area contributed by atoms with Gasteiger partial charge in [-0.1, -0.05) is 25.1 Å².